The van der Waals surface area contributed by atoms with Crippen LogP contribution in [0.4, 0.5) is 5.69 Å². The van der Waals surface area contributed by atoms with Gasteiger partial charge in [0.25, 0.3) is 0 Å². The number of amides is 1. The Hall–Kier alpha value is -1.87. The van der Waals surface area contributed by atoms with E-state index < -0.39 is 5.41 Å². The zero-order valence-corrected chi connectivity index (χ0v) is 13.4. The van der Waals surface area contributed by atoms with Crippen molar-refractivity contribution in [3.8, 4) is 0 Å². The number of allylic oxidation sites excluding steroid dienone is 1. The van der Waals surface area contributed by atoms with Crippen LogP contribution < -0.4 is 4.90 Å². The molecule has 0 aromatic heterocycles. The lowest BCUT2D eigenvalue weighted by molar-refractivity contribution is -0.121. The Bertz CT molecular complexity index is 707. The van der Waals surface area contributed by atoms with Crippen molar-refractivity contribution in [2.45, 2.75) is 11.8 Å². The molecule has 1 aliphatic rings. The second kappa shape index (κ2) is 5.15. The Morgan fingerprint density at radius 1 is 1.19 bits per heavy atom. The molecular weight excluding hydrogens is 326 g/mol. The quantitative estimate of drug-likeness (QED) is 0.762. The van der Waals surface area contributed by atoms with Gasteiger partial charge in [0.05, 0.1) is 0 Å². The van der Waals surface area contributed by atoms with Gasteiger partial charge in [0.1, 0.15) is 5.41 Å². The van der Waals surface area contributed by atoms with E-state index >= 15 is 0 Å². The van der Waals surface area contributed by atoms with Gasteiger partial charge < -0.3 is 4.90 Å². The molecule has 2 aromatic rings. The fourth-order valence-corrected chi connectivity index (χ4v) is 3.45. The second-order valence-electron chi connectivity index (χ2n) is 5.29. The maximum atomic E-state index is 13.0. The van der Waals surface area contributed by atoms with E-state index in [0.29, 0.717) is 6.42 Å². The molecule has 0 N–H and O–H groups in total. The molecule has 0 fully saturated rings. The Labute approximate surface area is 133 Å². The van der Waals surface area contributed by atoms with Crippen LogP contribution in [-0.2, 0) is 10.2 Å². The Kier molecular flexibility index (Phi) is 3.46. The van der Waals surface area contributed by atoms with Crippen LogP contribution in [0.25, 0.3) is 0 Å². The van der Waals surface area contributed by atoms with Crippen molar-refractivity contribution in [3.05, 3.63) is 76.8 Å². The molecule has 0 unspecified atom stereocenters. The summed E-state index contributed by atoms with van der Waals surface area (Å²) in [5.74, 6) is 0.103. The first kappa shape index (κ1) is 14.1. The van der Waals surface area contributed by atoms with Crippen molar-refractivity contribution in [3.63, 3.8) is 0 Å². The summed E-state index contributed by atoms with van der Waals surface area (Å²) >= 11 is 3.45. The number of carbonyl (C=O) groups excluding carboxylic acids is 1. The van der Waals surface area contributed by atoms with Gasteiger partial charge in [-0.25, -0.2) is 0 Å². The van der Waals surface area contributed by atoms with Crippen LogP contribution >= 0.6 is 15.9 Å². The molecule has 2 nitrogen and oxygen atoms in total. The van der Waals surface area contributed by atoms with Gasteiger partial charge in [-0.05, 0) is 35.7 Å². The summed E-state index contributed by atoms with van der Waals surface area (Å²) in [5, 5.41) is 0. The lowest BCUT2D eigenvalue weighted by Gasteiger charge is -2.28. The van der Waals surface area contributed by atoms with E-state index in [-0.39, 0.29) is 5.91 Å². The van der Waals surface area contributed by atoms with Crippen molar-refractivity contribution in [1.82, 2.24) is 0 Å². The molecule has 3 rings (SSSR count). The van der Waals surface area contributed by atoms with E-state index in [9.17, 15) is 4.79 Å². The fourth-order valence-electron chi connectivity index (χ4n) is 3.18. The molecule has 0 radical (unpaired) electrons. The van der Waals surface area contributed by atoms with E-state index in [1.165, 1.54) is 0 Å². The first-order chi connectivity index (χ1) is 10.1. The molecule has 3 heteroatoms. The van der Waals surface area contributed by atoms with Crippen molar-refractivity contribution in [2.75, 3.05) is 11.9 Å². The predicted molar refractivity (Wildman–Crippen MR) is 89.6 cm³/mol. The minimum Gasteiger partial charge on any atom is -0.314 e. The third kappa shape index (κ3) is 1.95. The number of anilines is 1. The summed E-state index contributed by atoms with van der Waals surface area (Å²) in [4.78, 5) is 14.8. The van der Waals surface area contributed by atoms with Crippen molar-refractivity contribution >= 4 is 27.5 Å². The van der Waals surface area contributed by atoms with E-state index in [0.717, 1.165) is 21.3 Å². The first-order valence-corrected chi connectivity index (χ1v) is 7.65. The average molecular weight is 342 g/mol. The number of carbonyl (C=O) groups is 1. The van der Waals surface area contributed by atoms with Gasteiger partial charge in [0.15, 0.2) is 0 Å². The lowest BCUT2D eigenvalue weighted by atomic mass is 9.73. The SMILES string of the molecule is C=CC[C@@]1(c2ccc(Br)cc2)C(=O)N(C)c2ccccc21. The largest absolute Gasteiger partial charge is 0.314 e. The monoisotopic (exact) mass is 341 g/mol. The normalized spacial score (nSPS) is 20.5. The Morgan fingerprint density at radius 3 is 2.52 bits per heavy atom. The van der Waals surface area contributed by atoms with Gasteiger partial charge in [-0.2, -0.15) is 0 Å². The number of hydrogen-bond acceptors (Lipinski definition) is 1. The molecule has 1 amide bonds. The van der Waals surface area contributed by atoms with Gasteiger partial charge >= 0.3 is 0 Å². The van der Waals surface area contributed by atoms with Crippen molar-refractivity contribution < 1.29 is 4.79 Å². The lowest BCUT2D eigenvalue weighted by Crippen LogP contribution is -2.39. The van der Waals surface area contributed by atoms with E-state index in [4.69, 9.17) is 0 Å². The van der Waals surface area contributed by atoms with Crippen LogP contribution in [0.3, 0.4) is 0 Å². The molecular formula is C18H16BrNO. The summed E-state index contributed by atoms with van der Waals surface area (Å²) < 4.78 is 1.01. The molecule has 0 aliphatic carbocycles. The zero-order chi connectivity index (χ0) is 15.0. The van der Waals surface area contributed by atoms with Crippen molar-refractivity contribution in [2.24, 2.45) is 0 Å². The number of nitrogens with zero attached hydrogens (tertiary/aromatic N) is 1. The molecule has 1 aliphatic heterocycles. The predicted octanol–water partition coefficient (Wildman–Crippen LogP) is 4.29. The van der Waals surface area contributed by atoms with Gasteiger partial charge in [0.2, 0.25) is 5.91 Å². The molecule has 2 aromatic carbocycles. The number of likely N-dealkylation sites (N-methyl/N-ethyl adjacent to an activating group) is 1. The number of benzene rings is 2. The average Bonchev–Trinajstić information content (AvgIpc) is 2.72. The van der Waals surface area contributed by atoms with E-state index in [1.807, 2.05) is 61.7 Å². The summed E-state index contributed by atoms with van der Waals surface area (Å²) in [6.07, 6.45) is 2.42. The highest BCUT2D eigenvalue weighted by Gasteiger charge is 2.49. The van der Waals surface area contributed by atoms with Gasteiger partial charge in [-0.3, -0.25) is 4.79 Å². The molecule has 21 heavy (non-hydrogen) atoms. The maximum Gasteiger partial charge on any atom is 0.242 e. The Balaban J connectivity index is 2.29. The third-order valence-electron chi connectivity index (χ3n) is 4.18. The van der Waals surface area contributed by atoms with Crippen LogP contribution in [0.5, 0.6) is 0 Å². The number of fused-ring (bicyclic) bond motifs is 1. The van der Waals surface area contributed by atoms with Crippen LogP contribution in [0.15, 0.2) is 65.7 Å². The number of halogens is 1. The third-order valence-corrected chi connectivity index (χ3v) is 4.71. The van der Waals surface area contributed by atoms with Crippen LogP contribution in [-0.4, -0.2) is 13.0 Å². The molecule has 0 bridgehead atoms. The smallest absolute Gasteiger partial charge is 0.242 e. The van der Waals surface area contributed by atoms with Gasteiger partial charge in [-0.1, -0.05) is 52.3 Å². The molecule has 1 heterocycles. The van der Waals surface area contributed by atoms with Crippen LogP contribution in [0.1, 0.15) is 17.5 Å². The minimum atomic E-state index is -0.659. The highest BCUT2D eigenvalue weighted by atomic mass is 79.9. The number of rotatable bonds is 3. The van der Waals surface area contributed by atoms with Crippen LogP contribution in [0.2, 0.25) is 0 Å². The molecule has 106 valence electrons. The highest BCUT2D eigenvalue weighted by Crippen LogP contribution is 2.47. The van der Waals surface area contributed by atoms with Gasteiger partial charge in [0, 0.05) is 17.2 Å². The molecule has 0 saturated heterocycles. The summed E-state index contributed by atoms with van der Waals surface area (Å²) in [7, 11) is 1.84. The molecule has 0 saturated carbocycles. The minimum absolute atomic E-state index is 0.103. The van der Waals surface area contributed by atoms with E-state index in [2.05, 4.69) is 22.5 Å². The summed E-state index contributed by atoms with van der Waals surface area (Å²) in [6.45, 7) is 3.86. The van der Waals surface area contributed by atoms with Crippen molar-refractivity contribution in [1.29, 1.82) is 0 Å². The number of para-hydroxylation sites is 1. The highest BCUT2D eigenvalue weighted by molar-refractivity contribution is 9.10. The summed E-state index contributed by atoms with van der Waals surface area (Å²) in [5.41, 5.74) is 2.38. The zero-order valence-electron chi connectivity index (χ0n) is 11.8. The second-order valence-corrected chi connectivity index (χ2v) is 6.20. The van der Waals surface area contributed by atoms with Gasteiger partial charge in [-0.15, -0.1) is 6.58 Å². The van der Waals surface area contributed by atoms with Crippen LogP contribution in [0, 0.1) is 0 Å². The molecule has 1 atom stereocenters. The molecule has 0 spiro atoms. The first-order valence-electron chi connectivity index (χ1n) is 6.86. The Morgan fingerprint density at radius 2 is 1.86 bits per heavy atom. The topological polar surface area (TPSA) is 20.3 Å². The fraction of sp³-hybridized carbons (Fsp3) is 0.167. The van der Waals surface area contributed by atoms with E-state index in [1.54, 1.807) is 4.90 Å². The maximum absolute atomic E-state index is 13.0. The number of hydrogen-bond donors (Lipinski definition) is 0. The standard InChI is InChI=1S/C18H16BrNO/c1-3-12-18(13-8-10-14(19)11-9-13)15-6-4-5-7-16(15)20(2)17(18)21/h3-11H,1,12H2,2H3/t18-/m0/s1. The summed E-state index contributed by atoms with van der Waals surface area (Å²) in [6, 6.07) is 16.0.